The van der Waals surface area contributed by atoms with Gasteiger partial charge in [-0.2, -0.15) is 0 Å². The van der Waals surface area contributed by atoms with Gasteiger partial charge in [0.2, 0.25) is 0 Å². The van der Waals surface area contributed by atoms with Crippen LogP contribution in [-0.4, -0.2) is 30.2 Å². The van der Waals surface area contributed by atoms with Crippen LogP contribution in [0.25, 0.3) is 0 Å². The molecular weight excluding hydrogens is 334 g/mol. The molecule has 6 nitrogen and oxygen atoms in total. The van der Waals surface area contributed by atoms with Crippen LogP contribution in [0.1, 0.15) is 31.1 Å². The van der Waals surface area contributed by atoms with Crippen molar-refractivity contribution in [2.45, 2.75) is 20.8 Å². The standard InChI is InChI=1S/C20H23NO5/c1-4-25-17-8-6-5-7-16(17)21-18(22)14-9-11-15(12-10-14)26-13-20(2,3)19(23)24/h5-12H,4,13H2,1-3H3,(H,21,22)(H,23,24). The van der Waals surface area contributed by atoms with Gasteiger partial charge in [0.15, 0.2) is 0 Å². The Kier molecular flexibility index (Phi) is 6.22. The molecule has 0 saturated heterocycles. The van der Waals surface area contributed by atoms with Crippen molar-refractivity contribution in [3.8, 4) is 11.5 Å². The highest BCUT2D eigenvalue weighted by Crippen LogP contribution is 2.25. The maximum atomic E-state index is 12.4. The van der Waals surface area contributed by atoms with Gasteiger partial charge in [0, 0.05) is 5.56 Å². The van der Waals surface area contributed by atoms with E-state index in [2.05, 4.69) is 5.32 Å². The number of benzene rings is 2. The lowest BCUT2D eigenvalue weighted by molar-refractivity contribution is -0.148. The molecule has 0 bridgehead atoms. The molecule has 26 heavy (non-hydrogen) atoms. The van der Waals surface area contributed by atoms with Gasteiger partial charge in [-0.05, 0) is 57.2 Å². The maximum Gasteiger partial charge on any atom is 0.312 e. The Morgan fingerprint density at radius 2 is 1.69 bits per heavy atom. The minimum Gasteiger partial charge on any atom is -0.492 e. The zero-order chi connectivity index (χ0) is 19.2. The van der Waals surface area contributed by atoms with E-state index >= 15 is 0 Å². The predicted molar refractivity (Wildman–Crippen MR) is 98.9 cm³/mol. The third kappa shape index (κ3) is 4.99. The number of carbonyl (C=O) groups excluding carboxylic acids is 1. The Morgan fingerprint density at radius 1 is 1.04 bits per heavy atom. The van der Waals surface area contributed by atoms with Gasteiger partial charge in [-0.3, -0.25) is 9.59 Å². The summed E-state index contributed by atoms with van der Waals surface area (Å²) in [5.41, 5.74) is 0.0722. The van der Waals surface area contributed by atoms with Gasteiger partial charge in [-0.1, -0.05) is 12.1 Å². The van der Waals surface area contributed by atoms with Crippen molar-refractivity contribution in [2.75, 3.05) is 18.5 Å². The Bertz CT molecular complexity index is 768. The number of carboxylic acids is 1. The summed E-state index contributed by atoms with van der Waals surface area (Å²) in [4.78, 5) is 23.5. The predicted octanol–water partition coefficient (Wildman–Crippen LogP) is 3.83. The van der Waals surface area contributed by atoms with Crippen molar-refractivity contribution < 1.29 is 24.2 Å². The molecule has 0 aliphatic carbocycles. The van der Waals surface area contributed by atoms with Crippen LogP contribution >= 0.6 is 0 Å². The number of rotatable bonds is 8. The van der Waals surface area contributed by atoms with Gasteiger partial charge in [0.1, 0.15) is 18.1 Å². The van der Waals surface area contributed by atoms with Crippen LogP contribution < -0.4 is 14.8 Å². The van der Waals surface area contributed by atoms with Crippen molar-refractivity contribution in [1.82, 2.24) is 0 Å². The molecule has 1 amide bonds. The first kappa shape index (κ1) is 19.3. The summed E-state index contributed by atoms with van der Waals surface area (Å²) >= 11 is 0. The highest BCUT2D eigenvalue weighted by atomic mass is 16.5. The summed E-state index contributed by atoms with van der Waals surface area (Å²) in [5, 5.41) is 11.9. The molecule has 6 heteroatoms. The van der Waals surface area contributed by atoms with Crippen LogP contribution in [0.5, 0.6) is 11.5 Å². The number of hydrogen-bond acceptors (Lipinski definition) is 4. The Balaban J connectivity index is 2.02. The molecule has 0 aliphatic heterocycles. The zero-order valence-electron chi connectivity index (χ0n) is 15.1. The van der Waals surface area contributed by atoms with E-state index < -0.39 is 11.4 Å². The summed E-state index contributed by atoms with van der Waals surface area (Å²) in [7, 11) is 0. The number of carboxylic acid groups (broad SMARTS) is 1. The van der Waals surface area contributed by atoms with E-state index in [0.717, 1.165) is 0 Å². The van der Waals surface area contributed by atoms with Crippen molar-refractivity contribution in [3.63, 3.8) is 0 Å². The quantitative estimate of drug-likeness (QED) is 0.750. The number of carbonyl (C=O) groups is 2. The number of amides is 1. The fraction of sp³-hybridized carbons (Fsp3) is 0.300. The van der Waals surface area contributed by atoms with Gasteiger partial charge in [-0.15, -0.1) is 0 Å². The molecule has 2 N–H and O–H groups in total. The van der Waals surface area contributed by atoms with Crippen LogP contribution in [0.3, 0.4) is 0 Å². The van der Waals surface area contributed by atoms with Crippen molar-refractivity contribution in [2.24, 2.45) is 5.41 Å². The van der Waals surface area contributed by atoms with Gasteiger partial charge in [-0.25, -0.2) is 0 Å². The van der Waals surface area contributed by atoms with Crippen molar-refractivity contribution in [3.05, 3.63) is 54.1 Å². The minimum absolute atomic E-state index is 0.0373. The van der Waals surface area contributed by atoms with Crippen LogP contribution in [0.4, 0.5) is 5.69 Å². The van der Waals surface area contributed by atoms with E-state index in [0.29, 0.717) is 29.4 Å². The Morgan fingerprint density at radius 3 is 2.31 bits per heavy atom. The molecule has 0 fully saturated rings. The number of hydrogen-bond donors (Lipinski definition) is 2. The first-order valence-electron chi connectivity index (χ1n) is 8.33. The lowest BCUT2D eigenvalue weighted by Gasteiger charge is -2.19. The fourth-order valence-electron chi connectivity index (χ4n) is 2.07. The smallest absolute Gasteiger partial charge is 0.312 e. The van der Waals surface area contributed by atoms with Crippen molar-refractivity contribution in [1.29, 1.82) is 0 Å². The Hall–Kier alpha value is -3.02. The molecule has 0 saturated carbocycles. The lowest BCUT2D eigenvalue weighted by Crippen LogP contribution is -2.30. The van der Waals surface area contributed by atoms with Crippen LogP contribution in [0.2, 0.25) is 0 Å². The highest BCUT2D eigenvalue weighted by molar-refractivity contribution is 6.05. The minimum atomic E-state index is -0.987. The third-order valence-corrected chi connectivity index (χ3v) is 3.73. The SMILES string of the molecule is CCOc1ccccc1NC(=O)c1ccc(OCC(C)(C)C(=O)O)cc1. The van der Waals surface area contributed by atoms with Crippen LogP contribution in [0, 0.1) is 5.41 Å². The average molecular weight is 357 g/mol. The molecular formula is C20H23NO5. The topological polar surface area (TPSA) is 84.9 Å². The normalized spacial score (nSPS) is 10.9. The summed E-state index contributed by atoms with van der Waals surface area (Å²) in [6.45, 7) is 5.60. The molecule has 0 aromatic heterocycles. The fourth-order valence-corrected chi connectivity index (χ4v) is 2.07. The molecule has 138 valence electrons. The number of anilines is 1. The molecule has 0 aliphatic rings. The second kappa shape index (κ2) is 8.38. The monoisotopic (exact) mass is 357 g/mol. The van der Waals surface area contributed by atoms with Crippen LogP contribution in [-0.2, 0) is 4.79 Å². The van der Waals surface area contributed by atoms with Gasteiger partial charge >= 0.3 is 5.97 Å². The molecule has 0 unspecified atom stereocenters. The summed E-state index contributed by atoms with van der Waals surface area (Å²) in [6, 6.07) is 13.8. The molecule has 2 aromatic rings. The van der Waals surface area contributed by atoms with Gasteiger partial charge in [0.25, 0.3) is 5.91 Å². The van der Waals surface area contributed by atoms with Crippen molar-refractivity contribution >= 4 is 17.6 Å². The van der Waals surface area contributed by atoms with E-state index in [1.54, 1.807) is 50.2 Å². The summed E-state index contributed by atoms with van der Waals surface area (Å²) in [5.74, 6) is -0.0826. The zero-order valence-corrected chi connectivity index (χ0v) is 15.1. The second-order valence-electron chi connectivity index (χ2n) is 6.39. The number of aliphatic carboxylic acids is 1. The van der Waals surface area contributed by atoms with E-state index in [4.69, 9.17) is 14.6 Å². The molecule has 2 aromatic carbocycles. The molecule has 0 spiro atoms. The number of ether oxygens (including phenoxy) is 2. The number of para-hydroxylation sites is 2. The largest absolute Gasteiger partial charge is 0.492 e. The van der Waals surface area contributed by atoms with E-state index in [-0.39, 0.29) is 12.5 Å². The van der Waals surface area contributed by atoms with E-state index in [9.17, 15) is 9.59 Å². The molecule has 0 atom stereocenters. The molecule has 0 radical (unpaired) electrons. The average Bonchev–Trinajstić information content (AvgIpc) is 2.62. The number of nitrogens with one attached hydrogen (secondary N) is 1. The summed E-state index contributed by atoms with van der Waals surface area (Å²) < 4.78 is 11.0. The van der Waals surface area contributed by atoms with E-state index in [1.165, 1.54) is 0 Å². The maximum absolute atomic E-state index is 12.4. The first-order chi connectivity index (χ1) is 12.3. The Labute approximate surface area is 152 Å². The van der Waals surface area contributed by atoms with Gasteiger partial charge < -0.3 is 19.9 Å². The van der Waals surface area contributed by atoms with Crippen LogP contribution in [0.15, 0.2) is 48.5 Å². The highest BCUT2D eigenvalue weighted by Gasteiger charge is 2.28. The summed E-state index contributed by atoms with van der Waals surface area (Å²) in [6.07, 6.45) is 0. The van der Waals surface area contributed by atoms with Gasteiger partial charge in [0.05, 0.1) is 17.7 Å². The first-order valence-corrected chi connectivity index (χ1v) is 8.33. The second-order valence-corrected chi connectivity index (χ2v) is 6.39. The molecule has 0 heterocycles. The lowest BCUT2D eigenvalue weighted by atomic mass is 9.95. The molecule has 2 rings (SSSR count). The third-order valence-electron chi connectivity index (χ3n) is 3.73. The van der Waals surface area contributed by atoms with E-state index in [1.807, 2.05) is 19.1 Å².